The molecule has 0 fully saturated rings. The third kappa shape index (κ3) is 5.95. The van der Waals surface area contributed by atoms with Gasteiger partial charge in [-0.25, -0.2) is 19.4 Å². The molecule has 0 spiro atoms. The Hall–Kier alpha value is -4.35. The number of pyridine rings is 1. The molecule has 12 heteroatoms. The van der Waals surface area contributed by atoms with Gasteiger partial charge in [-0.05, 0) is 48.7 Å². The molecule has 5 rings (SSSR count). The zero-order valence-corrected chi connectivity index (χ0v) is 23.7. The lowest BCUT2D eigenvalue weighted by Gasteiger charge is -2.14. The molecule has 5 aromatic rings. The number of amides is 2. The number of aromatic nitrogens is 5. The minimum Gasteiger partial charge on any atom is -0.455 e. The van der Waals surface area contributed by atoms with Crippen molar-refractivity contribution in [2.45, 2.75) is 31.1 Å². The molecule has 0 atom stereocenters. The van der Waals surface area contributed by atoms with Crippen LogP contribution in [0.15, 0.2) is 76.7 Å². The minimum absolute atomic E-state index is 0.225. The van der Waals surface area contributed by atoms with Crippen molar-refractivity contribution < 1.29 is 9.53 Å². The molecule has 0 saturated carbocycles. The number of nitrogens with zero attached hydrogens (tertiary/aromatic N) is 4. The zero-order valence-electron chi connectivity index (χ0n) is 22.2. The monoisotopic (exact) mass is 575 g/mol. The van der Waals surface area contributed by atoms with Crippen LogP contribution in [0, 0.1) is 0 Å². The third-order valence-corrected chi connectivity index (χ3v) is 6.91. The Kier molecular flexibility index (Phi) is 7.51. The first-order chi connectivity index (χ1) is 19.1. The van der Waals surface area contributed by atoms with Crippen molar-refractivity contribution in [3.63, 3.8) is 0 Å². The number of H-pyrrole nitrogens is 1. The van der Waals surface area contributed by atoms with Gasteiger partial charge in [-0.15, -0.1) is 11.8 Å². The van der Waals surface area contributed by atoms with Gasteiger partial charge in [0.05, 0.1) is 23.3 Å². The lowest BCUT2D eigenvalue weighted by atomic mass is 9.92. The molecule has 3 N–H and O–H groups in total. The summed E-state index contributed by atoms with van der Waals surface area (Å²) in [6.07, 6.45) is 4.62. The lowest BCUT2D eigenvalue weighted by molar-refractivity contribution is 0.262. The number of hydrogen-bond donors (Lipinski definition) is 3. The normalized spacial score (nSPS) is 11.4. The smallest absolute Gasteiger partial charge is 0.324 e. The van der Waals surface area contributed by atoms with Crippen LogP contribution in [0.25, 0.3) is 16.9 Å². The third-order valence-electron chi connectivity index (χ3n) is 5.88. The number of fused-ring (bicyclic) bond motifs is 1. The fourth-order valence-corrected chi connectivity index (χ4v) is 4.56. The number of halogens is 1. The Balaban J connectivity index is 1.37. The summed E-state index contributed by atoms with van der Waals surface area (Å²) in [6, 6.07) is 15.7. The number of hydrogen-bond acceptors (Lipinski definition) is 7. The van der Waals surface area contributed by atoms with E-state index in [2.05, 4.69) is 46.4 Å². The van der Waals surface area contributed by atoms with Gasteiger partial charge in [0.1, 0.15) is 17.1 Å². The molecule has 0 saturated heterocycles. The molecule has 0 aliphatic carbocycles. The number of aromatic amines is 1. The van der Waals surface area contributed by atoms with Gasteiger partial charge in [-0.1, -0.05) is 32.4 Å². The quantitative estimate of drug-likeness (QED) is 0.194. The van der Waals surface area contributed by atoms with Gasteiger partial charge in [-0.2, -0.15) is 5.10 Å². The van der Waals surface area contributed by atoms with Crippen molar-refractivity contribution in [1.29, 1.82) is 0 Å². The van der Waals surface area contributed by atoms with E-state index in [9.17, 15) is 9.59 Å². The fraction of sp³-hybridized carbons (Fsp3) is 0.179. The van der Waals surface area contributed by atoms with Crippen LogP contribution in [0.4, 0.5) is 16.3 Å². The first-order valence-electron chi connectivity index (χ1n) is 12.2. The number of thioether (sulfide) groups is 1. The van der Waals surface area contributed by atoms with Crippen LogP contribution < -0.4 is 20.9 Å². The van der Waals surface area contributed by atoms with E-state index < -0.39 is 6.03 Å². The van der Waals surface area contributed by atoms with Crippen molar-refractivity contribution in [3.8, 4) is 17.2 Å². The molecule has 204 valence electrons. The van der Waals surface area contributed by atoms with Crippen LogP contribution in [0.1, 0.15) is 26.5 Å². The molecule has 2 aromatic carbocycles. The second-order valence-corrected chi connectivity index (χ2v) is 11.1. The summed E-state index contributed by atoms with van der Waals surface area (Å²) in [7, 11) is 0. The van der Waals surface area contributed by atoms with Gasteiger partial charge < -0.3 is 15.0 Å². The Bertz CT molecular complexity index is 1760. The predicted octanol–water partition coefficient (Wildman–Crippen LogP) is 6.61. The van der Waals surface area contributed by atoms with Crippen molar-refractivity contribution in [1.82, 2.24) is 24.7 Å². The van der Waals surface area contributed by atoms with Crippen LogP contribution >= 0.6 is 23.4 Å². The van der Waals surface area contributed by atoms with E-state index in [-0.39, 0.29) is 11.0 Å². The minimum atomic E-state index is -0.423. The summed E-state index contributed by atoms with van der Waals surface area (Å²) in [6.45, 7) is 6.18. The van der Waals surface area contributed by atoms with Gasteiger partial charge in [0.15, 0.2) is 11.4 Å². The van der Waals surface area contributed by atoms with E-state index >= 15 is 0 Å². The molecule has 0 radical (unpaired) electrons. The molecule has 10 nitrogen and oxygen atoms in total. The number of ether oxygens (including phenoxy) is 1. The van der Waals surface area contributed by atoms with Crippen LogP contribution in [-0.4, -0.2) is 37.0 Å². The first kappa shape index (κ1) is 27.2. The summed E-state index contributed by atoms with van der Waals surface area (Å²) in [4.78, 5) is 36.4. The summed E-state index contributed by atoms with van der Waals surface area (Å²) < 4.78 is 7.73. The largest absolute Gasteiger partial charge is 0.455 e. The van der Waals surface area contributed by atoms with E-state index in [1.807, 2.05) is 30.5 Å². The summed E-state index contributed by atoms with van der Waals surface area (Å²) in [5.74, 6) is 1.49. The van der Waals surface area contributed by atoms with E-state index in [0.717, 1.165) is 16.3 Å². The lowest BCUT2D eigenvalue weighted by Crippen LogP contribution is -2.21. The highest BCUT2D eigenvalue weighted by molar-refractivity contribution is 7.98. The summed E-state index contributed by atoms with van der Waals surface area (Å²) in [5.41, 5.74) is 2.39. The number of anilines is 2. The number of nitrogens with one attached hydrogen (secondary N) is 3. The molecule has 0 bridgehead atoms. The first-order valence-corrected chi connectivity index (χ1v) is 13.9. The van der Waals surface area contributed by atoms with Gasteiger partial charge in [0.25, 0.3) is 5.56 Å². The molecular formula is C28H26ClN7O3S. The molecule has 3 aromatic heterocycles. The second kappa shape index (κ2) is 11.0. The maximum Gasteiger partial charge on any atom is 0.324 e. The molecule has 40 heavy (non-hydrogen) atoms. The molecular weight excluding hydrogens is 550 g/mol. The average molecular weight is 576 g/mol. The molecule has 0 aliphatic heterocycles. The van der Waals surface area contributed by atoms with Gasteiger partial charge in [0.2, 0.25) is 0 Å². The average Bonchev–Trinajstić information content (AvgIpc) is 3.34. The Morgan fingerprint density at radius 1 is 1.05 bits per heavy atom. The van der Waals surface area contributed by atoms with Crippen LogP contribution in [0.5, 0.6) is 11.5 Å². The fourth-order valence-electron chi connectivity index (χ4n) is 3.86. The Morgan fingerprint density at radius 3 is 2.55 bits per heavy atom. The Labute approximate surface area is 239 Å². The van der Waals surface area contributed by atoms with E-state index in [1.165, 1.54) is 24.2 Å². The second-order valence-electron chi connectivity index (χ2n) is 9.85. The van der Waals surface area contributed by atoms with Gasteiger partial charge >= 0.3 is 6.03 Å². The van der Waals surface area contributed by atoms with Crippen molar-refractivity contribution in [2.75, 3.05) is 16.9 Å². The maximum atomic E-state index is 13.1. The van der Waals surface area contributed by atoms with Crippen LogP contribution in [-0.2, 0) is 5.41 Å². The number of rotatable bonds is 6. The number of urea groups is 1. The molecule has 0 aliphatic rings. The zero-order chi connectivity index (χ0) is 28.4. The molecule has 0 unspecified atom stereocenters. The van der Waals surface area contributed by atoms with Crippen molar-refractivity contribution in [2.24, 2.45) is 0 Å². The molecule has 2 amide bonds. The van der Waals surface area contributed by atoms with Gasteiger partial charge in [-0.3, -0.25) is 10.1 Å². The van der Waals surface area contributed by atoms with Crippen molar-refractivity contribution >= 4 is 52.1 Å². The summed E-state index contributed by atoms with van der Waals surface area (Å²) in [5, 5.41) is 11.2. The Morgan fingerprint density at radius 2 is 1.82 bits per heavy atom. The van der Waals surface area contributed by atoms with E-state index in [1.54, 1.807) is 35.0 Å². The van der Waals surface area contributed by atoms with Crippen LogP contribution in [0.2, 0.25) is 5.02 Å². The van der Waals surface area contributed by atoms with E-state index in [0.29, 0.717) is 39.2 Å². The number of benzene rings is 2. The number of carbonyl (C=O) groups excluding carboxylic acids is 1. The van der Waals surface area contributed by atoms with Crippen molar-refractivity contribution in [3.05, 3.63) is 88.1 Å². The molecule has 3 heterocycles. The highest BCUT2D eigenvalue weighted by atomic mass is 35.5. The topological polar surface area (TPSA) is 127 Å². The highest BCUT2D eigenvalue weighted by Gasteiger charge is 2.22. The predicted molar refractivity (Wildman–Crippen MR) is 158 cm³/mol. The van der Waals surface area contributed by atoms with Gasteiger partial charge in [0, 0.05) is 33.7 Å². The number of carbonyl (C=O) groups is 1. The standard InChI is InChI=1S/C28H26ClN7O3S/c1-28(2,3)22-14-23(36(35-22)17-7-5-16(29)6-8-17)33-27(38)32-19-10-9-18(13-21(19)40-4)39-20-11-12-30-26-25(20)31-15-24(37)34-26/h5-15H,1-4H3,(H,30,34,37)(H2,32,33,38). The highest BCUT2D eigenvalue weighted by Crippen LogP contribution is 2.34. The van der Waals surface area contributed by atoms with E-state index in [4.69, 9.17) is 21.4 Å². The SMILES string of the molecule is CSc1cc(Oc2ccnc3[nH]c(=O)cnc23)ccc1NC(=O)Nc1cc(C(C)(C)C)nn1-c1ccc(Cl)cc1. The van der Waals surface area contributed by atoms with Crippen LogP contribution in [0.3, 0.4) is 0 Å². The maximum absolute atomic E-state index is 13.1. The summed E-state index contributed by atoms with van der Waals surface area (Å²) >= 11 is 7.52.